The molecule has 0 unspecified atom stereocenters. The molecule has 6 nitrogen and oxygen atoms in total. The Morgan fingerprint density at radius 3 is 2.46 bits per heavy atom. The van der Waals surface area contributed by atoms with Gasteiger partial charge < -0.3 is 15.4 Å². The minimum absolute atomic E-state index is 0.223. The van der Waals surface area contributed by atoms with Gasteiger partial charge in [-0.15, -0.1) is 0 Å². The first-order valence-corrected chi connectivity index (χ1v) is 8.76. The number of methoxy groups -OCH3 is 1. The fourth-order valence-electron chi connectivity index (χ4n) is 2.74. The lowest BCUT2D eigenvalue weighted by atomic mass is 10.1. The van der Waals surface area contributed by atoms with Crippen LogP contribution in [0.25, 0.3) is 0 Å². The third-order valence-electron chi connectivity index (χ3n) is 4.21. The van der Waals surface area contributed by atoms with E-state index in [0.29, 0.717) is 22.6 Å². The van der Waals surface area contributed by atoms with Crippen LogP contribution in [0.3, 0.4) is 0 Å². The molecule has 0 aliphatic carbocycles. The van der Waals surface area contributed by atoms with Crippen molar-refractivity contribution in [2.45, 2.75) is 13.8 Å². The van der Waals surface area contributed by atoms with Crippen LogP contribution >= 0.6 is 0 Å². The predicted molar refractivity (Wildman–Crippen MR) is 109 cm³/mol. The highest BCUT2D eigenvalue weighted by Crippen LogP contribution is 2.19. The second-order valence-electron chi connectivity index (χ2n) is 6.40. The quantitative estimate of drug-likeness (QED) is 0.643. The summed E-state index contributed by atoms with van der Waals surface area (Å²) in [7, 11) is 1.34. The number of pyridine rings is 1. The molecule has 0 saturated carbocycles. The van der Waals surface area contributed by atoms with E-state index in [2.05, 4.69) is 15.6 Å². The van der Waals surface area contributed by atoms with Gasteiger partial charge in [0.2, 0.25) is 0 Å². The zero-order chi connectivity index (χ0) is 20.1. The number of amides is 1. The van der Waals surface area contributed by atoms with Crippen molar-refractivity contribution in [3.8, 4) is 0 Å². The van der Waals surface area contributed by atoms with E-state index in [1.54, 1.807) is 30.3 Å². The van der Waals surface area contributed by atoms with E-state index in [4.69, 9.17) is 4.74 Å². The Labute approximate surface area is 163 Å². The zero-order valence-electron chi connectivity index (χ0n) is 15.9. The minimum Gasteiger partial charge on any atom is -0.465 e. The lowest BCUT2D eigenvalue weighted by Gasteiger charge is -2.10. The molecule has 6 heteroatoms. The lowest BCUT2D eigenvalue weighted by Crippen LogP contribution is -2.13. The highest BCUT2D eigenvalue weighted by molar-refractivity contribution is 6.04. The second-order valence-corrected chi connectivity index (χ2v) is 6.40. The van der Waals surface area contributed by atoms with Gasteiger partial charge in [0.1, 0.15) is 5.82 Å². The number of esters is 1. The van der Waals surface area contributed by atoms with Gasteiger partial charge >= 0.3 is 5.97 Å². The van der Waals surface area contributed by atoms with Crippen LogP contribution in [0.2, 0.25) is 0 Å². The summed E-state index contributed by atoms with van der Waals surface area (Å²) in [4.78, 5) is 28.4. The topological polar surface area (TPSA) is 80.3 Å². The summed E-state index contributed by atoms with van der Waals surface area (Å²) in [5.74, 6) is -0.0706. The number of rotatable bonds is 5. The van der Waals surface area contributed by atoms with Crippen LogP contribution in [-0.2, 0) is 4.74 Å². The zero-order valence-corrected chi connectivity index (χ0v) is 15.9. The van der Waals surface area contributed by atoms with E-state index in [1.807, 2.05) is 38.1 Å². The summed E-state index contributed by atoms with van der Waals surface area (Å²) in [6.07, 6.45) is 1.51. The molecule has 142 valence electrons. The van der Waals surface area contributed by atoms with E-state index in [1.165, 1.54) is 13.3 Å². The number of hydrogen-bond donors (Lipinski definition) is 2. The molecule has 0 spiro atoms. The fraction of sp³-hybridized carbons (Fsp3) is 0.136. The van der Waals surface area contributed by atoms with Gasteiger partial charge in [-0.2, -0.15) is 0 Å². The Morgan fingerprint density at radius 1 is 0.964 bits per heavy atom. The Bertz CT molecular complexity index is 1010. The molecule has 2 N–H and O–H groups in total. The standard InChI is InChI=1S/C22H21N3O3/c1-14-7-9-19(15(2)11-14)25-21(26)17-8-10-20(23-13-17)24-18-6-4-5-16(12-18)22(27)28-3/h4-13H,1-3H3,(H,23,24)(H,25,26). The molecule has 1 heterocycles. The smallest absolute Gasteiger partial charge is 0.337 e. The van der Waals surface area contributed by atoms with Crippen LogP contribution in [0.5, 0.6) is 0 Å². The highest BCUT2D eigenvalue weighted by Gasteiger charge is 2.09. The average molecular weight is 375 g/mol. The minimum atomic E-state index is -0.407. The van der Waals surface area contributed by atoms with Gasteiger partial charge in [-0.3, -0.25) is 4.79 Å². The third-order valence-corrected chi connectivity index (χ3v) is 4.21. The Kier molecular flexibility index (Phi) is 5.69. The number of anilines is 3. The Balaban J connectivity index is 1.69. The third kappa shape index (κ3) is 4.54. The SMILES string of the molecule is COC(=O)c1cccc(Nc2ccc(C(=O)Nc3ccc(C)cc3C)cn2)c1. The van der Waals surface area contributed by atoms with Crippen molar-refractivity contribution in [1.82, 2.24) is 4.98 Å². The number of benzene rings is 2. The highest BCUT2D eigenvalue weighted by atomic mass is 16.5. The van der Waals surface area contributed by atoms with E-state index in [9.17, 15) is 9.59 Å². The van der Waals surface area contributed by atoms with Crippen molar-refractivity contribution in [1.29, 1.82) is 0 Å². The summed E-state index contributed by atoms with van der Waals surface area (Å²) >= 11 is 0. The van der Waals surface area contributed by atoms with E-state index >= 15 is 0 Å². The number of nitrogens with one attached hydrogen (secondary N) is 2. The number of ether oxygens (including phenoxy) is 1. The lowest BCUT2D eigenvalue weighted by molar-refractivity contribution is 0.0600. The summed E-state index contributed by atoms with van der Waals surface area (Å²) in [5, 5.41) is 6.00. The van der Waals surface area contributed by atoms with Crippen molar-refractivity contribution in [3.63, 3.8) is 0 Å². The summed E-state index contributed by atoms with van der Waals surface area (Å²) < 4.78 is 4.72. The number of nitrogens with zero attached hydrogens (tertiary/aromatic N) is 1. The van der Waals surface area contributed by atoms with Crippen molar-refractivity contribution >= 4 is 29.1 Å². The van der Waals surface area contributed by atoms with Gasteiger partial charge in [-0.1, -0.05) is 23.8 Å². The maximum Gasteiger partial charge on any atom is 0.337 e. The maximum atomic E-state index is 12.5. The number of carbonyl (C=O) groups excluding carboxylic acids is 2. The molecule has 3 rings (SSSR count). The molecular weight excluding hydrogens is 354 g/mol. The van der Waals surface area contributed by atoms with E-state index < -0.39 is 5.97 Å². The molecule has 0 aliphatic rings. The molecule has 0 saturated heterocycles. The van der Waals surface area contributed by atoms with Crippen LogP contribution in [0.15, 0.2) is 60.8 Å². The van der Waals surface area contributed by atoms with Crippen molar-refractivity contribution < 1.29 is 14.3 Å². The molecule has 0 radical (unpaired) electrons. The van der Waals surface area contributed by atoms with Gasteiger partial charge in [0.15, 0.2) is 0 Å². The molecule has 0 bridgehead atoms. The Hall–Kier alpha value is -3.67. The number of hydrogen-bond acceptors (Lipinski definition) is 5. The van der Waals surface area contributed by atoms with Gasteiger partial charge in [0.05, 0.1) is 18.2 Å². The van der Waals surface area contributed by atoms with Gasteiger partial charge in [-0.25, -0.2) is 9.78 Å². The van der Waals surface area contributed by atoms with Gasteiger partial charge in [-0.05, 0) is 55.8 Å². The largest absolute Gasteiger partial charge is 0.465 e. The molecule has 1 amide bonds. The van der Waals surface area contributed by atoms with Crippen LogP contribution in [0, 0.1) is 13.8 Å². The fourth-order valence-corrected chi connectivity index (χ4v) is 2.74. The van der Waals surface area contributed by atoms with Gasteiger partial charge in [0.25, 0.3) is 5.91 Å². The van der Waals surface area contributed by atoms with Crippen molar-refractivity contribution in [3.05, 3.63) is 83.0 Å². The first-order valence-electron chi connectivity index (χ1n) is 8.76. The van der Waals surface area contributed by atoms with Crippen LogP contribution in [0.1, 0.15) is 31.8 Å². The molecule has 2 aromatic carbocycles. The molecule has 0 atom stereocenters. The molecule has 3 aromatic rings. The van der Waals surface area contributed by atoms with E-state index in [-0.39, 0.29) is 5.91 Å². The average Bonchev–Trinajstić information content (AvgIpc) is 2.70. The molecule has 0 fully saturated rings. The van der Waals surface area contributed by atoms with Crippen LogP contribution in [-0.4, -0.2) is 24.0 Å². The summed E-state index contributed by atoms with van der Waals surface area (Å²) in [5.41, 5.74) is 4.51. The number of carbonyl (C=O) groups is 2. The summed E-state index contributed by atoms with van der Waals surface area (Å²) in [6, 6.07) is 16.2. The number of aromatic nitrogens is 1. The first kappa shape index (κ1) is 19.1. The molecule has 0 aliphatic heterocycles. The second kappa shape index (κ2) is 8.35. The number of aryl methyl sites for hydroxylation is 2. The van der Waals surface area contributed by atoms with E-state index in [0.717, 1.165) is 16.8 Å². The molecule has 1 aromatic heterocycles. The van der Waals surface area contributed by atoms with Crippen LogP contribution in [0.4, 0.5) is 17.2 Å². The molecular formula is C22H21N3O3. The Morgan fingerprint density at radius 2 is 1.79 bits per heavy atom. The normalized spacial score (nSPS) is 10.2. The maximum absolute atomic E-state index is 12.5. The van der Waals surface area contributed by atoms with Crippen molar-refractivity contribution in [2.75, 3.05) is 17.7 Å². The van der Waals surface area contributed by atoms with Gasteiger partial charge in [0, 0.05) is 17.6 Å². The van der Waals surface area contributed by atoms with Crippen molar-refractivity contribution in [2.24, 2.45) is 0 Å². The molecule has 28 heavy (non-hydrogen) atoms. The predicted octanol–water partition coefficient (Wildman–Crippen LogP) is 4.48. The van der Waals surface area contributed by atoms with Crippen LogP contribution < -0.4 is 10.6 Å². The summed E-state index contributed by atoms with van der Waals surface area (Å²) in [6.45, 7) is 3.96. The first-order chi connectivity index (χ1) is 13.5. The monoisotopic (exact) mass is 375 g/mol.